The summed E-state index contributed by atoms with van der Waals surface area (Å²) in [6, 6.07) is 7.65. The van der Waals surface area contributed by atoms with Gasteiger partial charge in [0.15, 0.2) is 0 Å². The molecule has 1 amide bonds. The van der Waals surface area contributed by atoms with Gasteiger partial charge < -0.3 is 20.1 Å². The van der Waals surface area contributed by atoms with Gasteiger partial charge in [0.25, 0.3) is 0 Å². The monoisotopic (exact) mass is 354 g/mol. The Morgan fingerprint density at radius 1 is 1.29 bits per heavy atom. The number of amides is 1. The fourth-order valence-corrected chi connectivity index (χ4v) is 2.90. The van der Waals surface area contributed by atoms with Crippen LogP contribution >= 0.6 is 12.4 Å². The molecule has 2 saturated heterocycles. The Kier molecular flexibility index (Phi) is 7.34. The molecule has 0 bridgehead atoms. The molecule has 24 heavy (non-hydrogen) atoms. The molecule has 0 saturated carbocycles. The topological polar surface area (TPSA) is 59.6 Å². The van der Waals surface area contributed by atoms with Gasteiger partial charge in [-0.1, -0.05) is 6.92 Å². The number of carbonyl (C=O) groups is 1. The molecule has 0 radical (unpaired) electrons. The molecule has 0 spiro atoms. The highest BCUT2D eigenvalue weighted by molar-refractivity contribution is 5.92. The van der Waals surface area contributed by atoms with Gasteiger partial charge in [0, 0.05) is 24.8 Å². The molecule has 1 aromatic rings. The van der Waals surface area contributed by atoms with E-state index >= 15 is 0 Å². The summed E-state index contributed by atoms with van der Waals surface area (Å²) in [6.45, 7) is 6.29. The maximum Gasteiger partial charge on any atom is 0.227 e. The van der Waals surface area contributed by atoms with Crippen molar-refractivity contribution in [2.24, 2.45) is 17.8 Å². The van der Waals surface area contributed by atoms with Gasteiger partial charge in [-0.05, 0) is 62.0 Å². The summed E-state index contributed by atoms with van der Waals surface area (Å²) < 4.78 is 11.2. The van der Waals surface area contributed by atoms with E-state index in [1.807, 2.05) is 31.2 Å². The van der Waals surface area contributed by atoms with Gasteiger partial charge in [-0.2, -0.15) is 0 Å². The summed E-state index contributed by atoms with van der Waals surface area (Å²) in [5.74, 6) is 2.02. The van der Waals surface area contributed by atoms with Crippen molar-refractivity contribution in [1.29, 1.82) is 0 Å². The SMILES string of the molecule is CC(C(=O)Nc1ccc(OCC2CCOCC2)cc1)C1CNC1.Cl. The van der Waals surface area contributed by atoms with Crippen molar-refractivity contribution in [1.82, 2.24) is 5.32 Å². The minimum absolute atomic E-state index is 0. The maximum absolute atomic E-state index is 12.2. The van der Waals surface area contributed by atoms with E-state index in [1.54, 1.807) is 0 Å². The third-order valence-corrected chi connectivity index (χ3v) is 4.88. The zero-order valence-electron chi connectivity index (χ0n) is 14.1. The van der Waals surface area contributed by atoms with Crippen LogP contribution in [-0.4, -0.2) is 38.8 Å². The number of anilines is 1. The van der Waals surface area contributed by atoms with Crippen LogP contribution in [-0.2, 0) is 9.53 Å². The van der Waals surface area contributed by atoms with E-state index in [9.17, 15) is 4.79 Å². The Bertz CT molecular complexity index is 514. The summed E-state index contributed by atoms with van der Waals surface area (Å²) in [4.78, 5) is 12.2. The van der Waals surface area contributed by atoms with Crippen LogP contribution in [0.4, 0.5) is 5.69 Å². The molecule has 3 rings (SSSR count). The highest BCUT2D eigenvalue weighted by Crippen LogP contribution is 2.21. The summed E-state index contributed by atoms with van der Waals surface area (Å²) >= 11 is 0. The fourth-order valence-electron chi connectivity index (χ4n) is 2.90. The Morgan fingerprint density at radius 2 is 1.96 bits per heavy atom. The van der Waals surface area contributed by atoms with Crippen LogP contribution in [0.3, 0.4) is 0 Å². The minimum Gasteiger partial charge on any atom is -0.493 e. The predicted molar refractivity (Wildman–Crippen MR) is 96.9 cm³/mol. The first-order valence-electron chi connectivity index (χ1n) is 8.54. The lowest BCUT2D eigenvalue weighted by Crippen LogP contribution is -2.48. The van der Waals surface area contributed by atoms with Crippen molar-refractivity contribution in [2.45, 2.75) is 19.8 Å². The van der Waals surface area contributed by atoms with E-state index in [0.717, 1.165) is 57.2 Å². The molecular weight excluding hydrogens is 328 g/mol. The smallest absolute Gasteiger partial charge is 0.227 e. The molecule has 0 aromatic heterocycles. The maximum atomic E-state index is 12.2. The lowest BCUT2D eigenvalue weighted by atomic mass is 9.88. The molecule has 2 heterocycles. The number of hydrogen-bond acceptors (Lipinski definition) is 4. The molecule has 2 N–H and O–H groups in total. The second kappa shape index (κ2) is 9.25. The van der Waals surface area contributed by atoms with Crippen molar-refractivity contribution in [3.05, 3.63) is 24.3 Å². The Labute approximate surface area is 149 Å². The molecule has 134 valence electrons. The van der Waals surface area contributed by atoms with Crippen LogP contribution in [0.15, 0.2) is 24.3 Å². The normalized spacial score (nSPS) is 19.7. The number of carbonyl (C=O) groups excluding carboxylic acids is 1. The van der Waals surface area contributed by atoms with Crippen molar-refractivity contribution in [3.8, 4) is 5.75 Å². The largest absolute Gasteiger partial charge is 0.493 e. The van der Waals surface area contributed by atoms with Gasteiger partial charge in [0.1, 0.15) is 5.75 Å². The quantitative estimate of drug-likeness (QED) is 0.824. The van der Waals surface area contributed by atoms with Gasteiger partial charge >= 0.3 is 0 Å². The number of halogens is 1. The molecular formula is C18H27ClN2O3. The van der Waals surface area contributed by atoms with Crippen molar-refractivity contribution < 1.29 is 14.3 Å². The first kappa shape index (κ1) is 19.0. The van der Waals surface area contributed by atoms with Gasteiger partial charge in [-0.15, -0.1) is 12.4 Å². The summed E-state index contributed by atoms with van der Waals surface area (Å²) in [7, 11) is 0. The molecule has 0 aliphatic carbocycles. The van der Waals surface area contributed by atoms with Gasteiger partial charge in [0.05, 0.1) is 6.61 Å². The summed E-state index contributed by atoms with van der Waals surface area (Å²) in [6.07, 6.45) is 2.14. The second-order valence-corrected chi connectivity index (χ2v) is 6.59. The van der Waals surface area contributed by atoms with Gasteiger partial charge in [-0.25, -0.2) is 0 Å². The number of hydrogen-bond donors (Lipinski definition) is 2. The lowest BCUT2D eigenvalue weighted by Gasteiger charge is -2.31. The van der Waals surface area contributed by atoms with Crippen LogP contribution in [0.25, 0.3) is 0 Å². The number of nitrogens with one attached hydrogen (secondary N) is 2. The Hall–Kier alpha value is -1.30. The standard InChI is InChI=1S/C18H26N2O3.ClH/c1-13(15-10-19-11-15)18(21)20-16-2-4-17(5-3-16)23-12-14-6-8-22-9-7-14;/h2-5,13-15,19H,6-12H2,1H3,(H,20,21);1H. The van der Waals surface area contributed by atoms with Crippen molar-refractivity contribution in [2.75, 3.05) is 38.2 Å². The van der Waals surface area contributed by atoms with Gasteiger partial charge in [-0.3, -0.25) is 4.79 Å². The molecule has 1 aromatic carbocycles. The molecule has 2 fully saturated rings. The van der Waals surface area contributed by atoms with Crippen molar-refractivity contribution >= 4 is 24.0 Å². The average Bonchev–Trinajstić information content (AvgIpc) is 2.53. The third kappa shape index (κ3) is 5.10. The molecule has 2 aliphatic heterocycles. The minimum atomic E-state index is 0. The van der Waals surface area contributed by atoms with Crippen LogP contribution in [0.5, 0.6) is 5.75 Å². The fraction of sp³-hybridized carbons (Fsp3) is 0.611. The Morgan fingerprint density at radius 3 is 2.54 bits per heavy atom. The van der Waals surface area contributed by atoms with E-state index in [2.05, 4.69) is 10.6 Å². The number of rotatable bonds is 6. The van der Waals surface area contributed by atoms with Crippen LogP contribution in [0.1, 0.15) is 19.8 Å². The zero-order chi connectivity index (χ0) is 16.1. The average molecular weight is 355 g/mol. The molecule has 1 unspecified atom stereocenters. The summed E-state index contributed by atoms with van der Waals surface area (Å²) in [5, 5.41) is 6.19. The molecule has 1 atom stereocenters. The van der Waals surface area contributed by atoms with E-state index < -0.39 is 0 Å². The molecule has 5 nitrogen and oxygen atoms in total. The third-order valence-electron chi connectivity index (χ3n) is 4.88. The van der Waals surface area contributed by atoms with Crippen LogP contribution < -0.4 is 15.4 Å². The molecule has 2 aliphatic rings. The van der Waals surface area contributed by atoms with Crippen molar-refractivity contribution in [3.63, 3.8) is 0 Å². The van der Waals surface area contributed by atoms with Crippen LogP contribution in [0.2, 0.25) is 0 Å². The van der Waals surface area contributed by atoms with E-state index in [-0.39, 0.29) is 24.2 Å². The number of ether oxygens (including phenoxy) is 2. The molecule has 6 heteroatoms. The van der Waals surface area contributed by atoms with E-state index in [4.69, 9.17) is 9.47 Å². The zero-order valence-corrected chi connectivity index (χ0v) is 14.9. The van der Waals surface area contributed by atoms with E-state index in [0.29, 0.717) is 11.8 Å². The first-order chi connectivity index (χ1) is 11.2. The highest BCUT2D eigenvalue weighted by atomic mass is 35.5. The highest BCUT2D eigenvalue weighted by Gasteiger charge is 2.28. The number of benzene rings is 1. The Balaban J connectivity index is 0.00000208. The van der Waals surface area contributed by atoms with Gasteiger partial charge in [0.2, 0.25) is 5.91 Å². The van der Waals surface area contributed by atoms with Crippen LogP contribution in [0, 0.1) is 17.8 Å². The summed E-state index contributed by atoms with van der Waals surface area (Å²) in [5.41, 5.74) is 0.826. The predicted octanol–water partition coefficient (Wildman–Crippen LogP) is 2.71. The lowest BCUT2D eigenvalue weighted by molar-refractivity contribution is -0.121. The second-order valence-electron chi connectivity index (χ2n) is 6.59. The first-order valence-corrected chi connectivity index (χ1v) is 8.54. The van der Waals surface area contributed by atoms with E-state index in [1.165, 1.54) is 0 Å².